The Balaban J connectivity index is 1.68. The summed E-state index contributed by atoms with van der Waals surface area (Å²) < 4.78 is 6.74. The Morgan fingerprint density at radius 1 is 0.857 bits per heavy atom. The van der Waals surface area contributed by atoms with Crippen molar-refractivity contribution >= 4 is 15.9 Å². The summed E-state index contributed by atoms with van der Waals surface area (Å²) in [4.78, 5) is 4.12. The van der Waals surface area contributed by atoms with Crippen LogP contribution in [0.4, 0.5) is 0 Å². The summed E-state index contributed by atoms with van der Waals surface area (Å²) in [5.41, 5.74) is 3.43. The molecule has 1 aromatic heterocycles. The van der Waals surface area contributed by atoms with Gasteiger partial charge in [-0.1, -0.05) is 42.5 Å². The molecule has 0 unspecified atom stereocenters. The summed E-state index contributed by atoms with van der Waals surface area (Å²) in [5.74, 6) is 0.856. The van der Waals surface area contributed by atoms with Crippen LogP contribution in [0.15, 0.2) is 77.5 Å². The van der Waals surface area contributed by atoms with Crippen molar-refractivity contribution in [3.8, 4) is 16.9 Å². The first kappa shape index (κ1) is 13.8. The molecule has 0 aliphatic heterocycles. The Morgan fingerprint density at radius 3 is 2.29 bits per heavy atom. The second kappa shape index (κ2) is 6.55. The number of pyridine rings is 1. The van der Waals surface area contributed by atoms with Crippen LogP contribution in [0.5, 0.6) is 5.75 Å². The van der Waals surface area contributed by atoms with Gasteiger partial charge in [-0.05, 0) is 45.3 Å². The molecule has 1 heterocycles. The molecule has 2 aromatic carbocycles. The third-order valence-electron chi connectivity index (χ3n) is 3.13. The number of rotatable bonds is 4. The van der Waals surface area contributed by atoms with Gasteiger partial charge < -0.3 is 4.74 Å². The van der Waals surface area contributed by atoms with Gasteiger partial charge in [0.2, 0.25) is 0 Å². The largest absolute Gasteiger partial charge is 0.489 e. The molecule has 0 aliphatic rings. The van der Waals surface area contributed by atoms with Crippen LogP contribution in [0, 0.1) is 0 Å². The lowest BCUT2D eigenvalue weighted by Crippen LogP contribution is -1.96. The normalized spacial score (nSPS) is 10.3. The van der Waals surface area contributed by atoms with Gasteiger partial charge in [0.1, 0.15) is 12.4 Å². The van der Waals surface area contributed by atoms with E-state index in [1.54, 1.807) is 6.20 Å². The monoisotopic (exact) mass is 339 g/mol. The summed E-state index contributed by atoms with van der Waals surface area (Å²) >= 11 is 3.41. The van der Waals surface area contributed by atoms with Crippen molar-refractivity contribution in [2.75, 3.05) is 0 Å². The van der Waals surface area contributed by atoms with Gasteiger partial charge in [-0.3, -0.25) is 4.98 Å². The van der Waals surface area contributed by atoms with Crippen molar-refractivity contribution in [3.05, 3.63) is 83.1 Å². The average Bonchev–Trinajstić information content (AvgIpc) is 2.54. The van der Waals surface area contributed by atoms with Crippen LogP contribution in [0.3, 0.4) is 0 Å². The Labute approximate surface area is 132 Å². The van der Waals surface area contributed by atoms with Gasteiger partial charge in [0, 0.05) is 22.4 Å². The maximum absolute atomic E-state index is 5.78. The lowest BCUT2D eigenvalue weighted by Gasteiger charge is -2.07. The fraction of sp³-hybridized carbons (Fsp3) is 0.0556. The first-order valence-corrected chi connectivity index (χ1v) is 7.48. The highest BCUT2D eigenvalue weighted by Gasteiger charge is 2.00. The molecule has 3 heteroatoms. The van der Waals surface area contributed by atoms with E-state index in [9.17, 15) is 0 Å². The number of aromatic nitrogens is 1. The number of ether oxygens (including phenoxy) is 1. The van der Waals surface area contributed by atoms with E-state index >= 15 is 0 Å². The van der Waals surface area contributed by atoms with E-state index in [4.69, 9.17) is 4.74 Å². The molecule has 2 nitrogen and oxygen atoms in total. The highest BCUT2D eigenvalue weighted by atomic mass is 79.9. The average molecular weight is 340 g/mol. The molecule has 0 atom stereocenters. The lowest BCUT2D eigenvalue weighted by molar-refractivity contribution is 0.305. The number of halogens is 1. The van der Waals surface area contributed by atoms with Crippen molar-refractivity contribution in [2.24, 2.45) is 0 Å². The Kier molecular flexibility index (Phi) is 4.31. The number of benzene rings is 2. The SMILES string of the molecule is Brc1cncc(COc2ccc(-c3ccccc3)cc2)c1. The van der Waals surface area contributed by atoms with Crippen LogP contribution in [-0.4, -0.2) is 4.98 Å². The zero-order chi connectivity index (χ0) is 14.5. The maximum Gasteiger partial charge on any atom is 0.119 e. The van der Waals surface area contributed by atoms with Crippen LogP contribution in [0.2, 0.25) is 0 Å². The highest BCUT2D eigenvalue weighted by molar-refractivity contribution is 9.10. The maximum atomic E-state index is 5.78. The summed E-state index contributed by atoms with van der Waals surface area (Å²) in [5, 5.41) is 0. The minimum Gasteiger partial charge on any atom is -0.489 e. The minimum absolute atomic E-state index is 0.511. The fourth-order valence-electron chi connectivity index (χ4n) is 2.08. The molecule has 0 bridgehead atoms. The minimum atomic E-state index is 0.511. The Bertz CT molecular complexity index is 711. The Morgan fingerprint density at radius 2 is 1.57 bits per heavy atom. The van der Waals surface area contributed by atoms with Gasteiger partial charge in [-0.2, -0.15) is 0 Å². The molecule has 3 aromatic rings. The molecule has 3 rings (SSSR count). The van der Waals surface area contributed by atoms with Crippen LogP contribution in [-0.2, 0) is 6.61 Å². The molecule has 104 valence electrons. The number of nitrogens with zero attached hydrogens (tertiary/aromatic N) is 1. The molecule has 0 N–H and O–H groups in total. The zero-order valence-corrected chi connectivity index (χ0v) is 13.0. The number of hydrogen-bond donors (Lipinski definition) is 0. The van der Waals surface area contributed by atoms with Gasteiger partial charge in [0.05, 0.1) is 0 Å². The first-order valence-electron chi connectivity index (χ1n) is 6.69. The topological polar surface area (TPSA) is 22.1 Å². The molecular formula is C18H14BrNO. The van der Waals surface area contributed by atoms with E-state index in [-0.39, 0.29) is 0 Å². The third kappa shape index (κ3) is 3.70. The van der Waals surface area contributed by atoms with E-state index in [1.165, 1.54) is 11.1 Å². The standard InChI is InChI=1S/C18H14BrNO/c19-17-10-14(11-20-12-17)13-21-18-8-6-16(7-9-18)15-4-2-1-3-5-15/h1-12H,13H2. The van der Waals surface area contributed by atoms with E-state index in [0.717, 1.165) is 15.8 Å². The second-order valence-corrected chi connectivity index (χ2v) is 5.61. The zero-order valence-electron chi connectivity index (χ0n) is 11.4. The molecule has 0 fully saturated rings. The molecule has 21 heavy (non-hydrogen) atoms. The molecular weight excluding hydrogens is 326 g/mol. The summed E-state index contributed by atoms with van der Waals surface area (Å²) in [7, 11) is 0. The summed E-state index contributed by atoms with van der Waals surface area (Å²) in [6.07, 6.45) is 3.57. The first-order chi connectivity index (χ1) is 10.3. The van der Waals surface area contributed by atoms with Crippen LogP contribution >= 0.6 is 15.9 Å². The smallest absolute Gasteiger partial charge is 0.119 e. The molecule has 0 amide bonds. The second-order valence-electron chi connectivity index (χ2n) is 4.69. The van der Waals surface area contributed by atoms with Gasteiger partial charge >= 0.3 is 0 Å². The van der Waals surface area contributed by atoms with Crippen molar-refractivity contribution in [1.82, 2.24) is 4.98 Å². The van der Waals surface area contributed by atoms with E-state index < -0.39 is 0 Å². The molecule has 0 saturated heterocycles. The predicted octanol–water partition coefficient (Wildman–Crippen LogP) is 5.09. The summed E-state index contributed by atoms with van der Waals surface area (Å²) in [6, 6.07) is 20.4. The van der Waals surface area contributed by atoms with Crippen molar-refractivity contribution in [2.45, 2.75) is 6.61 Å². The highest BCUT2D eigenvalue weighted by Crippen LogP contribution is 2.22. The van der Waals surface area contributed by atoms with Gasteiger partial charge in [0.25, 0.3) is 0 Å². The van der Waals surface area contributed by atoms with Crippen LogP contribution in [0.25, 0.3) is 11.1 Å². The quantitative estimate of drug-likeness (QED) is 0.660. The lowest BCUT2D eigenvalue weighted by atomic mass is 10.1. The Hall–Kier alpha value is -2.13. The van der Waals surface area contributed by atoms with Crippen LogP contribution in [0.1, 0.15) is 5.56 Å². The van der Waals surface area contributed by atoms with E-state index in [2.05, 4.69) is 45.2 Å². The van der Waals surface area contributed by atoms with Crippen molar-refractivity contribution in [1.29, 1.82) is 0 Å². The van der Waals surface area contributed by atoms with Crippen LogP contribution < -0.4 is 4.74 Å². The molecule has 0 aliphatic carbocycles. The molecule has 0 radical (unpaired) electrons. The van der Waals surface area contributed by atoms with Crippen molar-refractivity contribution in [3.63, 3.8) is 0 Å². The van der Waals surface area contributed by atoms with Crippen molar-refractivity contribution < 1.29 is 4.74 Å². The molecule has 0 spiro atoms. The fourth-order valence-corrected chi connectivity index (χ4v) is 2.49. The van der Waals surface area contributed by atoms with Gasteiger partial charge in [-0.25, -0.2) is 0 Å². The predicted molar refractivity (Wildman–Crippen MR) is 88.1 cm³/mol. The van der Waals surface area contributed by atoms with Gasteiger partial charge in [0.15, 0.2) is 0 Å². The summed E-state index contributed by atoms with van der Waals surface area (Å²) in [6.45, 7) is 0.511. The molecule has 0 saturated carbocycles. The number of hydrogen-bond acceptors (Lipinski definition) is 2. The van der Waals surface area contributed by atoms with E-state index in [0.29, 0.717) is 6.61 Å². The third-order valence-corrected chi connectivity index (χ3v) is 3.56. The van der Waals surface area contributed by atoms with Gasteiger partial charge in [-0.15, -0.1) is 0 Å². The van der Waals surface area contributed by atoms with E-state index in [1.807, 2.05) is 42.6 Å².